The first-order valence-corrected chi connectivity index (χ1v) is 6.83. The molecule has 2 aromatic rings. The second kappa shape index (κ2) is 5.45. The monoisotopic (exact) mass is 253 g/mol. The summed E-state index contributed by atoms with van der Waals surface area (Å²) in [6.45, 7) is 5.50. The van der Waals surface area contributed by atoms with E-state index < -0.39 is 0 Å². The lowest BCUT2D eigenvalue weighted by Gasteiger charge is -2.11. The van der Waals surface area contributed by atoms with Crippen LogP contribution in [0.15, 0.2) is 54.6 Å². The molecule has 98 valence electrons. The van der Waals surface area contributed by atoms with Crippen LogP contribution in [0, 0.1) is 0 Å². The SMILES string of the molecule is C=C(CNC1CC1)COc1cccc2ccccc12. The van der Waals surface area contributed by atoms with Crippen LogP contribution in [0.1, 0.15) is 12.8 Å². The Morgan fingerprint density at radius 1 is 1.16 bits per heavy atom. The van der Waals surface area contributed by atoms with E-state index in [0.717, 1.165) is 23.3 Å². The van der Waals surface area contributed by atoms with Crippen molar-refractivity contribution in [3.05, 3.63) is 54.6 Å². The molecule has 0 aliphatic heterocycles. The Hall–Kier alpha value is -1.80. The van der Waals surface area contributed by atoms with Gasteiger partial charge in [-0.15, -0.1) is 0 Å². The Morgan fingerprint density at radius 3 is 2.79 bits per heavy atom. The van der Waals surface area contributed by atoms with Crippen LogP contribution in [-0.4, -0.2) is 19.2 Å². The van der Waals surface area contributed by atoms with Gasteiger partial charge in [0.25, 0.3) is 0 Å². The maximum Gasteiger partial charge on any atom is 0.127 e. The van der Waals surface area contributed by atoms with Crippen molar-refractivity contribution in [3.8, 4) is 5.75 Å². The van der Waals surface area contributed by atoms with E-state index >= 15 is 0 Å². The fraction of sp³-hybridized carbons (Fsp3) is 0.294. The van der Waals surface area contributed by atoms with Crippen molar-refractivity contribution >= 4 is 10.8 Å². The molecule has 0 aromatic heterocycles. The Morgan fingerprint density at radius 2 is 1.95 bits per heavy atom. The lowest BCUT2D eigenvalue weighted by Crippen LogP contribution is -2.21. The highest BCUT2D eigenvalue weighted by molar-refractivity contribution is 5.88. The van der Waals surface area contributed by atoms with Crippen LogP contribution in [0.5, 0.6) is 5.75 Å². The first kappa shape index (κ1) is 12.2. The van der Waals surface area contributed by atoms with Gasteiger partial charge in [-0.25, -0.2) is 0 Å². The largest absolute Gasteiger partial charge is 0.489 e. The summed E-state index contributed by atoms with van der Waals surface area (Å²) in [6, 6.07) is 15.2. The third-order valence-corrected chi connectivity index (χ3v) is 3.40. The number of rotatable bonds is 6. The number of nitrogens with one attached hydrogen (secondary N) is 1. The standard InChI is InChI=1S/C17H19NO/c1-13(11-18-15-9-10-15)12-19-17-8-4-6-14-5-2-3-7-16(14)17/h2-8,15,18H,1,9-12H2. The normalized spacial score (nSPS) is 14.5. The molecule has 2 nitrogen and oxygen atoms in total. The fourth-order valence-corrected chi connectivity index (χ4v) is 2.13. The van der Waals surface area contributed by atoms with Crippen LogP contribution >= 0.6 is 0 Å². The number of fused-ring (bicyclic) bond motifs is 1. The minimum Gasteiger partial charge on any atom is -0.489 e. The van der Waals surface area contributed by atoms with E-state index in [0.29, 0.717) is 12.6 Å². The van der Waals surface area contributed by atoms with Crippen molar-refractivity contribution in [3.63, 3.8) is 0 Å². The van der Waals surface area contributed by atoms with Gasteiger partial charge in [0.2, 0.25) is 0 Å². The van der Waals surface area contributed by atoms with E-state index in [4.69, 9.17) is 4.74 Å². The number of hydrogen-bond donors (Lipinski definition) is 1. The summed E-state index contributed by atoms with van der Waals surface area (Å²) >= 11 is 0. The molecule has 2 heteroatoms. The van der Waals surface area contributed by atoms with Gasteiger partial charge in [0, 0.05) is 18.0 Å². The number of ether oxygens (including phenoxy) is 1. The second-order valence-electron chi connectivity index (χ2n) is 5.17. The highest BCUT2D eigenvalue weighted by atomic mass is 16.5. The van der Waals surface area contributed by atoms with Gasteiger partial charge in [-0.1, -0.05) is 43.0 Å². The molecular weight excluding hydrogens is 234 g/mol. The molecule has 1 aliphatic rings. The highest BCUT2D eigenvalue weighted by Crippen LogP contribution is 2.25. The molecule has 1 N–H and O–H groups in total. The topological polar surface area (TPSA) is 21.3 Å². The average Bonchev–Trinajstić information content (AvgIpc) is 3.27. The van der Waals surface area contributed by atoms with E-state index in [2.05, 4.69) is 30.1 Å². The molecule has 0 amide bonds. The van der Waals surface area contributed by atoms with Gasteiger partial charge in [-0.05, 0) is 29.9 Å². The maximum atomic E-state index is 5.89. The Kier molecular flexibility index (Phi) is 3.51. The van der Waals surface area contributed by atoms with E-state index in [9.17, 15) is 0 Å². The highest BCUT2D eigenvalue weighted by Gasteiger charge is 2.20. The smallest absolute Gasteiger partial charge is 0.127 e. The molecule has 3 rings (SSSR count). The molecule has 1 fully saturated rings. The third-order valence-electron chi connectivity index (χ3n) is 3.40. The van der Waals surface area contributed by atoms with Crippen LogP contribution in [0.4, 0.5) is 0 Å². The summed E-state index contributed by atoms with van der Waals surface area (Å²) in [6.07, 6.45) is 2.61. The Bertz CT molecular complexity index is 581. The first-order chi connectivity index (χ1) is 9.33. The number of hydrogen-bond acceptors (Lipinski definition) is 2. The van der Waals surface area contributed by atoms with Gasteiger partial charge in [0.15, 0.2) is 0 Å². The molecule has 0 radical (unpaired) electrons. The zero-order chi connectivity index (χ0) is 13.1. The summed E-state index contributed by atoms with van der Waals surface area (Å²) in [4.78, 5) is 0. The van der Waals surface area contributed by atoms with E-state index in [1.165, 1.54) is 18.2 Å². The quantitative estimate of drug-likeness (QED) is 0.795. The minimum absolute atomic E-state index is 0.577. The van der Waals surface area contributed by atoms with Gasteiger partial charge in [-0.2, -0.15) is 0 Å². The molecule has 0 atom stereocenters. The van der Waals surface area contributed by atoms with Crippen LogP contribution in [0.3, 0.4) is 0 Å². The molecule has 0 bridgehead atoms. The summed E-state index contributed by atoms with van der Waals surface area (Å²) < 4.78 is 5.89. The Labute approximate surface area is 114 Å². The van der Waals surface area contributed by atoms with Gasteiger partial charge in [0.05, 0.1) is 0 Å². The van der Waals surface area contributed by atoms with Crippen molar-refractivity contribution in [2.45, 2.75) is 18.9 Å². The molecule has 0 unspecified atom stereocenters. The van der Waals surface area contributed by atoms with Crippen molar-refractivity contribution in [1.82, 2.24) is 5.32 Å². The van der Waals surface area contributed by atoms with Crippen molar-refractivity contribution in [2.75, 3.05) is 13.2 Å². The summed E-state index contributed by atoms with van der Waals surface area (Å²) in [5.41, 5.74) is 1.10. The van der Waals surface area contributed by atoms with Crippen LogP contribution in [-0.2, 0) is 0 Å². The van der Waals surface area contributed by atoms with Crippen molar-refractivity contribution in [1.29, 1.82) is 0 Å². The molecule has 2 aromatic carbocycles. The summed E-state index contributed by atoms with van der Waals surface area (Å²) in [5, 5.41) is 5.82. The van der Waals surface area contributed by atoms with Gasteiger partial charge in [-0.3, -0.25) is 0 Å². The lowest BCUT2D eigenvalue weighted by molar-refractivity contribution is 0.352. The van der Waals surface area contributed by atoms with Gasteiger partial charge < -0.3 is 10.1 Å². The molecule has 1 saturated carbocycles. The average molecular weight is 253 g/mol. The zero-order valence-corrected chi connectivity index (χ0v) is 11.1. The van der Waals surface area contributed by atoms with Crippen LogP contribution in [0.25, 0.3) is 10.8 Å². The van der Waals surface area contributed by atoms with E-state index in [1.807, 2.05) is 24.3 Å². The van der Waals surface area contributed by atoms with Gasteiger partial charge in [0.1, 0.15) is 12.4 Å². The first-order valence-electron chi connectivity index (χ1n) is 6.83. The summed E-state index contributed by atoms with van der Waals surface area (Å²) in [5.74, 6) is 0.936. The predicted octanol–water partition coefficient (Wildman–Crippen LogP) is 3.53. The van der Waals surface area contributed by atoms with E-state index in [1.54, 1.807) is 0 Å². The molecule has 0 spiro atoms. The Balaban J connectivity index is 1.62. The molecule has 1 aliphatic carbocycles. The molecular formula is C17H19NO. The summed E-state index contributed by atoms with van der Waals surface area (Å²) in [7, 11) is 0. The number of benzene rings is 2. The fourth-order valence-electron chi connectivity index (χ4n) is 2.13. The lowest BCUT2D eigenvalue weighted by atomic mass is 10.1. The second-order valence-corrected chi connectivity index (χ2v) is 5.17. The van der Waals surface area contributed by atoms with Crippen molar-refractivity contribution in [2.24, 2.45) is 0 Å². The molecule has 0 heterocycles. The van der Waals surface area contributed by atoms with Crippen LogP contribution < -0.4 is 10.1 Å². The molecule has 0 saturated heterocycles. The zero-order valence-electron chi connectivity index (χ0n) is 11.1. The molecule has 19 heavy (non-hydrogen) atoms. The maximum absolute atomic E-state index is 5.89. The third kappa shape index (κ3) is 3.15. The van der Waals surface area contributed by atoms with Crippen molar-refractivity contribution < 1.29 is 4.74 Å². The predicted molar refractivity (Wildman–Crippen MR) is 79.6 cm³/mol. The minimum atomic E-state index is 0.577. The van der Waals surface area contributed by atoms with Crippen LogP contribution in [0.2, 0.25) is 0 Å². The van der Waals surface area contributed by atoms with E-state index in [-0.39, 0.29) is 0 Å². The van der Waals surface area contributed by atoms with Gasteiger partial charge >= 0.3 is 0 Å².